The van der Waals surface area contributed by atoms with Gasteiger partial charge in [-0.3, -0.25) is 19.2 Å². The first-order valence-corrected chi connectivity index (χ1v) is 36.1. The Morgan fingerprint density at radius 2 is 1.10 bits per heavy atom. The Morgan fingerprint density at radius 3 is 1.62 bits per heavy atom. The Hall–Kier alpha value is -2.74. The third-order valence-electron chi connectivity index (χ3n) is 21.0. The number of amides is 4. The number of likely N-dealkylation sites (tertiary alicyclic amines) is 2. The number of hydrogen-bond acceptors (Lipinski definition) is 13. The van der Waals surface area contributed by atoms with Crippen molar-refractivity contribution in [3.05, 3.63) is 11.6 Å². The van der Waals surface area contributed by atoms with E-state index < -0.39 is 0 Å². The molecule has 4 N–H and O–H groups in total. The maximum atomic E-state index is 12.6. The Labute approximate surface area is 540 Å². The molecule has 17 nitrogen and oxygen atoms in total. The molecule has 6 rings (SSSR count). The number of carbonyl (C=O) groups is 4. The summed E-state index contributed by atoms with van der Waals surface area (Å²) in [5, 5.41) is 25.0. The predicted molar refractivity (Wildman–Crippen MR) is 352 cm³/mol. The van der Waals surface area contributed by atoms with Gasteiger partial charge in [-0.2, -0.15) is 0 Å². The summed E-state index contributed by atoms with van der Waals surface area (Å²) in [4.78, 5) is 52.9. The molecule has 0 bridgehead atoms. The van der Waals surface area contributed by atoms with Crippen molar-refractivity contribution in [3.8, 4) is 0 Å². The molecule has 2 heterocycles. The molecule has 4 aliphatic carbocycles. The molecule has 17 heteroatoms. The van der Waals surface area contributed by atoms with Crippen LogP contribution in [-0.4, -0.2) is 185 Å². The minimum Gasteiger partial charge on any atom is -0.394 e. The highest BCUT2D eigenvalue weighted by Crippen LogP contribution is 2.68. The van der Waals surface area contributed by atoms with Crippen LogP contribution in [0.4, 0.5) is 0 Å². The lowest BCUT2D eigenvalue weighted by Crippen LogP contribution is -2.51. The van der Waals surface area contributed by atoms with Gasteiger partial charge in [0, 0.05) is 32.6 Å². The highest BCUT2D eigenvalue weighted by molar-refractivity contribution is 5.79. The minimum atomic E-state index is -0.231. The van der Waals surface area contributed by atoms with Gasteiger partial charge in [0.2, 0.25) is 23.6 Å². The average Bonchev–Trinajstić information content (AvgIpc) is 1.74. The van der Waals surface area contributed by atoms with Gasteiger partial charge in [0.25, 0.3) is 0 Å². The summed E-state index contributed by atoms with van der Waals surface area (Å²) in [5.74, 6) is 4.75. The molecule has 0 spiro atoms. The van der Waals surface area contributed by atoms with Gasteiger partial charge in [0.15, 0.2) is 0 Å². The Balaban J connectivity index is 0.000000340. The van der Waals surface area contributed by atoms with Gasteiger partial charge in [0.1, 0.15) is 19.8 Å². The molecule has 4 amide bonds. The number of allylic oxidation sites excluding steroid dienone is 1. The van der Waals surface area contributed by atoms with E-state index in [1.54, 1.807) is 15.4 Å². The molecule has 0 radical (unpaired) electrons. The second-order valence-corrected chi connectivity index (χ2v) is 29.0. The standard InChI is InChI=1S/C42H72N2O7.C30H58N2O6/c1-28(2)8-9-30(5)36-12-13-37-35-11-10-31-22-33(14-16-41(31,6)38(35)15-17-42(36,37)7)50-26-39(46)43-18-19-48-20-21-49-27-40(47)44-24-34(51-29(3)4)23-32(44)25-45;1-4-5-6-7-8-9-10-11-12-13-14-15-16-17-29(34)31-18-19-36-20-21-37-25-30(35)32-23-28(38-26(2)3)22-27(32)24-33/h22,28-30,32-38,45H,8-21,23-27H2,1-7H3,(H,43,46);26-28,33H,4-25H2,1-3H3,(H,31,34)/t30-,32-,33+,34+,35?,36-,37+,38+,41+,42-;27-,28+/m00/s1. The van der Waals surface area contributed by atoms with Crippen molar-refractivity contribution in [1.29, 1.82) is 0 Å². The van der Waals surface area contributed by atoms with E-state index in [1.165, 1.54) is 128 Å². The van der Waals surface area contributed by atoms with Crippen LogP contribution in [0.3, 0.4) is 0 Å². The van der Waals surface area contributed by atoms with Crippen molar-refractivity contribution < 1.29 is 62.5 Å². The number of nitrogens with one attached hydrogen (secondary N) is 2. The summed E-state index contributed by atoms with van der Waals surface area (Å²) in [6, 6.07) is -0.444. The molecule has 2 aliphatic heterocycles. The maximum Gasteiger partial charge on any atom is 0.248 e. The van der Waals surface area contributed by atoms with E-state index in [2.05, 4.69) is 58.3 Å². The van der Waals surface area contributed by atoms with E-state index in [4.69, 9.17) is 33.2 Å². The summed E-state index contributed by atoms with van der Waals surface area (Å²) in [5.41, 5.74) is 2.40. The third kappa shape index (κ3) is 26.2. The van der Waals surface area contributed by atoms with Gasteiger partial charge >= 0.3 is 0 Å². The van der Waals surface area contributed by atoms with Crippen LogP contribution < -0.4 is 10.6 Å². The number of hydrogen-bond donors (Lipinski definition) is 4. The molecule has 3 saturated carbocycles. The first kappa shape index (κ1) is 77.0. The van der Waals surface area contributed by atoms with E-state index >= 15 is 0 Å². The topological polar surface area (TPSA) is 204 Å². The fourth-order valence-corrected chi connectivity index (χ4v) is 16.3. The van der Waals surface area contributed by atoms with Gasteiger partial charge in [0.05, 0.1) is 95.5 Å². The van der Waals surface area contributed by atoms with Crippen LogP contribution in [0.2, 0.25) is 0 Å². The van der Waals surface area contributed by atoms with Crippen LogP contribution in [0.25, 0.3) is 0 Å². The van der Waals surface area contributed by atoms with E-state index in [-0.39, 0.29) is 111 Å². The first-order valence-electron chi connectivity index (χ1n) is 36.1. The highest BCUT2D eigenvalue weighted by Gasteiger charge is 2.59. The molecule has 6 aliphatic rings. The van der Waals surface area contributed by atoms with Gasteiger partial charge < -0.3 is 63.8 Å². The molecular formula is C72H130N4O13. The number of aliphatic hydroxyl groups excluding tert-OH is 2. The van der Waals surface area contributed by atoms with Crippen molar-refractivity contribution in [3.63, 3.8) is 0 Å². The molecular weight excluding hydrogens is 1130 g/mol. The monoisotopic (exact) mass is 1260 g/mol. The maximum absolute atomic E-state index is 12.6. The summed E-state index contributed by atoms with van der Waals surface area (Å²) >= 11 is 0. The first-order chi connectivity index (χ1) is 42.8. The van der Waals surface area contributed by atoms with Crippen LogP contribution in [0.15, 0.2) is 11.6 Å². The molecule has 0 aromatic carbocycles. The second kappa shape index (κ2) is 41.9. The van der Waals surface area contributed by atoms with E-state index in [1.807, 2.05) is 27.7 Å². The minimum absolute atomic E-state index is 0.0137. The number of nitrogens with zero attached hydrogens (tertiary/aromatic N) is 2. The molecule has 0 aromatic rings. The predicted octanol–water partition coefficient (Wildman–Crippen LogP) is 11.6. The zero-order valence-corrected chi connectivity index (χ0v) is 57.9. The number of aliphatic hydroxyl groups is 2. The van der Waals surface area contributed by atoms with Gasteiger partial charge in [-0.05, 0) is 145 Å². The summed E-state index contributed by atoms with van der Waals surface area (Å²) < 4.78 is 39.8. The van der Waals surface area contributed by atoms with E-state index in [0.29, 0.717) is 83.9 Å². The Kier molecular flexibility index (Phi) is 36.2. The fraction of sp³-hybridized carbons (Fsp3) is 0.917. The van der Waals surface area contributed by atoms with Crippen molar-refractivity contribution in [2.75, 3.05) is 98.9 Å². The molecule has 2 saturated heterocycles. The SMILES string of the molecule is CC(C)CC[C@H](C)[C@@H]1CC[C@@H]2C3CCC4=C[C@H](OCC(=O)NCCOCCOCC(=O)N5C[C@H](OC(C)C)C[C@H]5CO)CC[C@@]4(C)[C@@H]3CC[C@]21C.CCCCCCCCCCCCCCCC(=O)NCCOCCOCC(=O)N1C[C@H](OC(C)C)C[C@H]1CO. The lowest BCUT2D eigenvalue weighted by molar-refractivity contribution is -0.139. The number of unbranched alkanes of at least 4 members (excludes halogenated alkanes) is 12. The zero-order chi connectivity index (χ0) is 64.6. The van der Waals surface area contributed by atoms with Crippen LogP contribution >= 0.6 is 0 Å². The van der Waals surface area contributed by atoms with Crippen LogP contribution in [0.5, 0.6) is 0 Å². The van der Waals surface area contributed by atoms with Crippen molar-refractivity contribution in [2.45, 2.75) is 279 Å². The second-order valence-electron chi connectivity index (χ2n) is 29.0. The lowest BCUT2D eigenvalue weighted by Gasteiger charge is -2.59. The molecule has 12 atom stereocenters. The number of rotatable bonds is 43. The smallest absolute Gasteiger partial charge is 0.248 e. The lowest BCUT2D eigenvalue weighted by atomic mass is 9.46. The Bertz CT molecular complexity index is 2030. The number of carbonyl (C=O) groups excluding carboxylic acids is 4. The molecule has 89 heavy (non-hydrogen) atoms. The van der Waals surface area contributed by atoms with E-state index in [0.717, 1.165) is 54.8 Å². The average molecular weight is 1260 g/mol. The number of ether oxygens (including phenoxy) is 7. The fourth-order valence-electron chi connectivity index (χ4n) is 16.3. The highest BCUT2D eigenvalue weighted by atomic mass is 16.5. The van der Waals surface area contributed by atoms with Gasteiger partial charge in [-0.15, -0.1) is 0 Å². The van der Waals surface area contributed by atoms with Gasteiger partial charge in [-0.1, -0.05) is 143 Å². The molecule has 516 valence electrons. The molecule has 1 unspecified atom stereocenters. The van der Waals surface area contributed by atoms with Crippen LogP contribution in [0.1, 0.15) is 236 Å². The Morgan fingerprint density at radius 1 is 0.584 bits per heavy atom. The molecule has 5 fully saturated rings. The van der Waals surface area contributed by atoms with Crippen molar-refractivity contribution >= 4 is 23.6 Å². The van der Waals surface area contributed by atoms with Crippen LogP contribution in [0, 0.1) is 46.3 Å². The summed E-state index contributed by atoms with van der Waals surface area (Å²) in [6.07, 6.45) is 34.3. The van der Waals surface area contributed by atoms with Crippen LogP contribution in [-0.2, 0) is 52.3 Å². The summed E-state index contributed by atoms with van der Waals surface area (Å²) in [7, 11) is 0. The van der Waals surface area contributed by atoms with Crippen molar-refractivity contribution in [2.24, 2.45) is 46.3 Å². The largest absolute Gasteiger partial charge is 0.394 e. The van der Waals surface area contributed by atoms with E-state index in [9.17, 15) is 29.4 Å². The third-order valence-corrected chi connectivity index (χ3v) is 21.0. The normalized spacial score (nSPS) is 27.7. The quantitative estimate of drug-likeness (QED) is 0.0332. The summed E-state index contributed by atoms with van der Waals surface area (Å²) in [6.45, 7) is 26.4. The van der Waals surface area contributed by atoms with Gasteiger partial charge in [-0.25, -0.2) is 0 Å². The zero-order valence-electron chi connectivity index (χ0n) is 57.9. The number of fused-ring (bicyclic) bond motifs is 5. The molecule has 0 aromatic heterocycles. The van der Waals surface area contributed by atoms with Crippen molar-refractivity contribution in [1.82, 2.24) is 20.4 Å².